The van der Waals surface area contributed by atoms with Crippen molar-refractivity contribution in [1.29, 1.82) is 0 Å². The molecule has 0 spiro atoms. The Balaban J connectivity index is 2.80. The fraction of sp³-hybridized carbons (Fsp3) is 0.167. The summed E-state index contributed by atoms with van der Waals surface area (Å²) in [5, 5.41) is 9.91. The standard InChI is InChI=1S/C12H10O6/c1-16-11(14)8-6-4-3-5-7(13)9(6)18-10(8)12(15)17-2/h3-5,13H,1-2H3. The maximum absolute atomic E-state index is 11.7. The summed E-state index contributed by atoms with van der Waals surface area (Å²) >= 11 is 0. The van der Waals surface area contributed by atoms with Crippen molar-refractivity contribution in [2.45, 2.75) is 0 Å². The predicted molar refractivity (Wildman–Crippen MR) is 60.6 cm³/mol. The number of benzene rings is 1. The minimum absolute atomic E-state index is 0.0401. The summed E-state index contributed by atoms with van der Waals surface area (Å²) < 4.78 is 14.3. The van der Waals surface area contributed by atoms with Crippen molar-refractivity contribution in [3.8, 4) is 5.75 Å². The topological polar surface area (TPSA) is 86.0 Å². The zero-order chi connectivity index (χ0) is 13.3. The molecular formula is C12H10O6. The molecule has 0 saturated carbocycles. The second-order valence-corrected chi connectivity index (χ2v) is 3.44. The van der Waals surface area contributed by atoms with Gasteiger partial charge in [-0.15, -0.1) is 0 Å². The van der Waals surface area contributed by atoms with Gasteiger partial charge in [0.1, 0.15) is 5.56 Å². The lowest BCUT2D eigenvalue weighted by Gasteiger charge is -1.99. The number of rotatable bonds is 2. The number of phenolic OH excluding ortho intramolecular Hbond substituents is 1. The van der Waals surface area contributed by atoms with E-state index < -0.39 is 11.9 Å². The number of hydrogen-bond acceptors (Lipinski definition) is 6. The van der Waals surface area contributed by atoms with Crippen LogP contribution >= 0.6 is 0 Å². The van der Waals surface area contributed by atoms with Crippen LogP contribution < -0.4 is 0 Å². The number of carbonyl (C=O) groups excluding carboxylic acids is 2. The summed E-state index contributed by atoms with van der Waals surface area (Å²) in [6.45, 7) is 0. The Hall–Kier alpha value is -2.50. The Morgan fingerprint density at radius 3 is 2.44 bits per heavy atom. The SMILES string of the molecule is COC(=O)c1oc2c(O)cccc2c1C(=O)OC. The van der Waals surface area contributed by atoms with Gasteiger partial charge in [0.2, 0.25) is 5.76 Å². The minimum atomic E-state index is -0.814. The molecule has 0 bridgehead atoms. The van der Waals surface area contributed by atoms with Gasteiger partial charge in [-0.1, -0.05) is 6.07 Å². The van der Waals surface area contributed by atoms with Crippen LogP contribution in [-0.2, 0) is 9.47 Å². The molecule has 0 aliphatic rings. The molecule has 1 heterocycles. The summed E-state index contributed by atoms with van der Waals surface area (Å²) in [6, 6.07) is 4.45. The van der Waals surface area contributed by atoms with Crippen LogP contribution in [0.2, 0.25) is 0 Å². The Morgan fingerprint density at radius 1 is 1.17 bits per heavy atom. The normalized spacial score (nSPS) is 10.3. The number of fused-ring (bicyclic) bond motifs is 1. The molecule has 1 aromatic carbocycles. The number of carbonyl (C=O) groups is 2. The summed E-state index contributed by atoms with van der Waals surface area (Å²) in [5.74, 6) is -2.01. The number of para-hydroxylation sites is 1. The number of phenols is 1. The fourth-order valence-electron chi connectivity index (χ4n) is 1.65. The molecule has 6 nitrogen and oxygen atoms in total. The summed E-state index contributed by atoms with van der Waals surface area (Å²) in [6.07, 6.45) is 0. The largest absolute Gasteiger partial charge is 0.504 e. The van der Waals surface area contributed by atoms with Gasteiger partial charge in [-0.2, -0.15) is 0 Å². The van der Waals surface area contributed by atoms with Crippen LogP contribution in [0.1, 0.15) is 20.9 Å². The third kappa shape index (κ3) is 1.67. The van der Waals surface area contributed by atoms with E-state index in [9.17, 15) is 14.7 Å². The number of furan rings is 1. The van der Waals surface area contributed by atoms with E-state index in [0.717, 1.165) is 7.11 Å². The summed E-state index contributed by atoms with van der Waals surface area (Å²) in [5.41, 5.74) is -0.0199. The van der Waals surface area contributed by atoms with Crippen LogP contribution in [-0.4, -0.2) is 31.3 Å². The first-order valence-electron chi connectivity index (χ1n) is 5.01. The smallest absolute Gasteiger partial charge is 0.374 e. The van der Waals surface area contributed by atoms with Crippen LogP contribution in [0.3, 0.4) is 0 Å². The second-order valence-electron chi connectivity index (χ2n) is 3.44. The monoisotopic (exact) mass is 250 g/mol. The molecule has 2 rings (SSSR count). The van der Waals surface area contributed by atoms with Gasteiger partial charge >= 0.3 is 11.9 Å². The van der Waals surface area contributed by atoms with Gasteiger partial charge < -0.3 is 19.0 Å². The minimum Gasteiger partial charge on any atom is -0.504 e. The van der Waals surface area contributed by atoms with Gasteiger partial charge in [0.25, 0.3) is 0 Å². The molecule has 94 valence electrons. The number of aromatic hydroxyl groups is 1. The molecule has 6 heteroatoms. The lowest BCUT2D eigenvalue weighted by molar-refractivity contribution is 0.0531. The van der Waals surface area contributed by atoms with Crippen molar-refractivity contribution >= 4 is 22.9 Å². The molecule has 0 amide bonds. The molecule has 0 aliphatic heterocycles. The highest BCUT2D eigenvalue weighted by atomic mass is 16.5. The van der Waals surface area contributed by atoms with Crippen LogP contribution in [0, 0.1) is 0 Å². The van der Waals surface area contributed by atoms with Crippen molar-refractivity contribution < 1.29 is 28.6 Å². The molecule has 2 aromatic rings. The van der Waals surface area contributed by atoms with Crippen molar-refractivity contribution in [1.82, 2.24) is 0 Å². The highest BCUT2D eigenvalue weighted by molar-refractivity contribution is 6.12. The van der Waals surface area contributed by atoms with Gasteiger partial charge in [-0.05, 0) is 12.1 Å². The molecule has 0 atom stereocenters. The van der Waals surface area contributed by atoms with E-state index >= 15 is 0 Å². The lowest BCUT2D eigenvalue weighted by Crippen LogP contribution is -2.09. The van der Waals surface area contributed by atoms with Gasteiger partial charge in [0.15, 0.2) is 11.3 Å². The molecule has 18 heavy (non-hydrogen) atoms. The van der Waals surface area contributed by atoms with Gasteiger partial charge in [-0.25, -0.2) is 9.59 Å². The number of esters is 2. The third-order valence-corrected chi connectivity index (χ3v) is 2.46. The summed E-state index contributed by atoms with van der Waals surface area (Å²) in [4.78, 5) is 23.2. The Morgan fingerprint density at radius 2 is 1.83 bits per heavy atom. The molecule has 0 unspecified atom stereocenters. The van der Waals surface area contributed by atoms with Gasteiger partial charge in [0.05, 0.1) is 14.2 Å². The summed E-state index contributed by atoms with van der Waals surface area (Å²) in [7, 11) is 2.35. The van der Waals surface area contributed by atoms with E-state index in [4.69, 9.17) is 4.42 Å². The molecule has 1 aromatic heterocycles. The van der Waals surface area contributed by atoms with Crippen molar-refractivity contribution in [2.24, 2.45) is 0 Å². The van der Waals surface area contributed by atoms with Crippen molar-refractivity contribution in [2.75, 3.05) is 14.2 Å². The highest BCUT2D eigenvalue weighted by Crippen LogP contribution is 2.32. The Bertz CT molecular complexity index is 625. The highest BCUT2D eigenvalue weighted by Gasteiger charge is 2.28. The number of methoxy groups -OCH3 is 2. The van der Waals surface area contributed by atoms with Crippen LogP contribution in [0.15, 0.2) is 22.6 Å². The van der Waals surface area contributed by atoms with Crippen LogP contribution in [0.4, 0.5) is 0 Å². The maximum atomic E-state index is 11.7. The van der Waals surface area contributed by atoms with E-state index in [0.29, 0.717) is 5.39 Å². The van der Waals surface area contributed by atoms with Gasteiger partial charge in [0, 0.05) is 5.39 Å². The first-order chi connectivity index (χ1) is 8.60. The fourth-order valence-corrected chi connectivity index (χ4v) is 1.65. The molecule has 0 saturated heterocycles. The first-order valence-corrected chi connectivity index (χ1v) is 5.01. The van der Waals surface area contributed by atoms with Crippen molar-refractivity contribution in [3.05, 3.63) is 29.5 Å². The van der Waals surface area contributed by atoms with E-state index in [2.05, 4.69) is 9.47 Å². The molecule has 0 aliphatic carbocycles. The average Bonchev–Trinajstić information content (AvgIpc) is 2.77. The van der Waals surface area contributed by atoms with E-state index in [1.807, 2.05) is 0 Å². The Kier molecular flexibility index (Phi) is 2.93. The molecular weight excluding hydrogens is 240 g/mol. The quantitative estimate of drug-likeness (QED) is 0.816. The Labute approximate surface area is 102 Å². The average molecular weight is 250 g/mol. The second kappa shape index (κ2) is 4.40. The van der Waals surface area contributed by atoms with Crippen LogP contribution in [0.25, 0.3) is 11.0 Å². The number of hydrogen-bond donors (Lipinski definition) is 1. The lowest BCUT2D eigenvalue weighted by atomic mass is 10.1. The van der Waals surface area contributed by atoms with E-state index in [-0.39, 0.29) is 22.7 Å². The molecule has 1 N–H and O–H groups in total. The van der Waals surface area contributed by atoms with Gasteiger partial charge in [-0.3, -0.25) is 0 Å². The molecule has 0 fully saturated rings. The maximum Gasteiger partial charge on any atom is 0.374 e. The number of ether oxygens (including phenoxy) is 2. The third-order valence-electron chi connectivity index (χ3n) is 2.46. The van der Waals surface area contributed by atoms with E-state index in [1.54, 1.807) is 0 Å². The predicted octanol–water partition coefficient (Wildman–Crippen LogP) is 1.71. The zero-order valence-electron chi connectivity index (χ0n) is 9.72. The molecule has 0 radical (unpaired) electrons. The van der Waals surface area contributed by atoms with Crippen molar-refractivity contribution in [3.63, 3.8) is 0 Å². The van der Waals surface area contributed by atoms with Crippen LogP contribution in [0.5, 0.6) is 5.75 Å². The van der Waals surface area contributed by atoms with E-state index in [1.165, 1.54) is 25.3 Å². The zero-order valence-corrected chi connectivity index (χ0v) is 9.72. The first kappa shape index (κ1) is 12.0.